The molecule has 1 aliphatic rings. The van der Waals surface area contributed by atoms with Crippen LogP contribution in [-0.2, 0) is 16.0 Å². The van der Waals surface area contributed by atoms with Gasteiger partial charge in [-0.05, 0) is 18.6 Å². The van der Waals surface area contributed by atoms with Crippen LogP contribution in [0.15, 0.2) is 18.0 Å². The van der Waals surface area contributed by atoms with E-state index < -0.39 is 0 Å². The van der Waals surface area contributed by atoms with Gasteiger partial charge in [-0.2, -0.15) is 0 Å². The van der Waals surface area contributed by atoms with Gasteiger partial charge in [0.1, 0.15) is 0 Å². The van der Waals surface area contributed by atoms with Crippen molar-refractivity contribution < 1.29 is 9.53 Å². The number of aromatic nitrogens is 1. The van der Waals surface area contributed by atoms with Gasteiger partial charge < -0.3 is 4.74 Å². The van der Waals surface area contributed by atoms with E-state index in [-0.39, 0.29) is 5.97 Å². The van der Waals surface area contributed by atoms with Crippen molar-refractivity contribution in [1.82, 2.24) is 4.98 Å². The summed E-state index contributed by atoms with van der Waals surface area (Å²) in [5.41, 5.74) is 2.50. The summed E-state index contributed by atoms with van der Waals surface area (Å²) < 4.78 is 4.93. The lowest BCUT2D eigenvalue weighted by Gasteiger charge is -2.00. The van der Waals surface area contributed by atoms with Crippen molar-refractivity contribution in [3.63, 3.8) is 0 Å². The average molecular weight is 224 g/mol. The number of nitrogens with zero attached hydrogens (tertiary/aromatic N) is 1. The van der Waals surface area contributed by atoms with Crippen LogP contribution in [-0.4, -0.2) is 17.6 Å². The van der Waals surface area contributed by atoms with Crippen molar-refractivity contribution in [3.8, 4) is 0 Å². The Labute approximate surface area is 92.7 Å². The molecule has 3 nitrogen and oxygen atoms in total. The largest absolute Gasteiger partial charge is 0.463 e. The maximum absolute atomic E-state index is 11.5. The normalized spacial score (nSPS) is 13.3. The molecule has 2 rings (SSSR count). The van der Waals surface area contributed by atoms with E-state index in [9.17, 15) is 4.79 Å². The van der Waals surface area contributed by atoms with E-state index in [1.807, 2.05) is 0 Å². The van der Waals surface area contributed by atoms with Gasteiger partial charge >= 0.3 is 5.97 Å². The van der Waals surface area contributed by atoms with E-state index in [0.29, 0.717) is 23.6 Å². The fourth-order valence-electron chi connectivity index (χ4n) is 1.57. The van der Waals surface area contributed by atoms with Crippen LogP contribution in [0, 0.1) is 0 Å². The Balaban J connectivity index is 2.28. The van der Waals surface area contributed by atoms with Crippen molar-refractivity contribution in [3.05, 3.63) is 34.1 Å². The van der Waals surface area contributed by atoms with Crippen molar-refractivity contribution >= 4 is 23.6 Å². The summed E-state index contributed by atoms with van der Waals surface area (Å²) in [6, 6.07) is 0. The molecule has 0 N–H and O–H groups in total. The Kier molecular flexibility index (Phi) is 2.73. The van der Waals surface area contributed by atoms with Gasteiger partial charge in [-0.3, -0.25) is 4.98 Å². The number of ether oxygens (including phenoxy) is 1. The quantitative estimate of drug-likeness (QED) is 0.722. The van der Waals surface area contributed by atoms with E-state index in [4.69, 9.17) is 16.3 Å². The van der Waals surface area contributed by atoms with Crippen LogP contribution in [0.3, 0.4) is 0 Å². The van der Waals surface area contributed by atoms with Crippen LogP contribution in [0.2, 0.25) is 5.02 Å². The second kappa shape index (κ2) is 4.03. The summed E-state index contributed by atoms with van der Waals surface area (Å²) in [5.74, 6) is -0.273. The molecule has 0 saturated heterocycles. The van der Waals surface area contributed by atoms with Gasteiger partial charge in [0, 0.05) is 30.0 Å². The maximum atomic E-state index is 11.5. The average Bonchev–Trinajstić information content (AvgIpc) is 2.63. The zero-order valence-electron chi connectivity index (χ0n) is 8.29. The van der Waals surface area contributed by atoms with Gasteiger partial charge in [0.25, 0.3) is 0 Å². The molecule has 0 unspecified atom stereocenters. The SMILES string of the molecule is CCOC(=O)C1=Cc2c(Cl)cncc2C1. The Morgan fingerprint density at radius 1 is 1.60 bits per heavy atom. The lowest BCUT2D eigenvalue weighted by atomic mass is 10.1. The van der Waals surface area contributed by atoms with Crippen LogP contribution < -0.4 is 0 Å². The van der Waals surface area contributed by atoms with Gasteiger partial charge in [0.2, 0.25) is 0 Å². The molecule has 1 aliphatic carbocycles. The predicted octanol–water partition coefficient (Wildman–Crippen LogP) is 2.24. The molecule has 0 bridgehead atoms. The minimum Gasteiger partial charge on any atom is -0.463 e. The van der Waals surface area contributed by atoms with Crippen LogP contribution in [0.5, 0.6) is 0 Å². The van der Waals surface area contributed by atoms with E-state index in [2.05, 4.69) is 4.98 Å². The second-order valence-electron chi connectivity index (χ2n) is 3.26. The summed E-state index contributed by atoms with van der Waals surface area (Å²) in [4.78, 5) is 15.4. The van der Waals surface area contributed by atoms with Gasteiger partial charge in [-0.1, -0.05) is 11.6 Å². The van der Waals surface area contributed by atoms with Gasteiger partial charge in [-0.15, -0.1) is 0 Å². The number of rotatable bonds is 2. The molecule has 15 heavy (non-hydrogen) atoms. The number of hydrogen-bond acceptors (Lipinski definition) is 3. The van der Waals surface area contributed by atoms with Crippen LogP contribution in [0.4, 0.5) is 0 Å². The fraction of sp³-hybridized carbons (Fsp3) is 0.273. The molecule has 0 fully saturated rings. The molecule has 0 aromatic carbocycles. The van der Waals surface area contributed by atoms with E-state index in [1.54, 1.807) is 25.4 Å². The van der Waals surface area contributed by atoms with Crippen LogP contribution >= 0.6 is 11.6 Å². The molecule has 4 heteroatoms. The number of carbonyl (C=O) groups excluding carboxylic acids is 1. The first-order valence-corrected chi connectivity index (χ1v) is 5.10. The standard InChI is InChI=1S/C11H10ClNO2/c1-2-15-11(14)7-3-8-5-13-6-10(12)9(8)4-7/h4-6H,2-3H2,1H3. The molecule has 78 valence electrons. The summed E-state index contributed by atoms with van der Waals surface area (Å²) in [5, 5.41) is 0.576. The van der Waals surface area contributed by atoms with E-state index >= 15 is 0 Å². The Hall–Kier alpha value is -1.35. The molecule has 1 aromatic heterocycles. The molecule has 0 atom stereocenters. The van der Waals surface area contributed by atoms with Gasteiger partial charge in [0.15, 0.2) is 0 Å². The zero-order chi connectivity index (χ0) is 10.8. The van der Waals surface area contributed by atoms with Crippen molar-refractivity contribution in [2.45, 2.75) is 13.3 Å². The summed E-state index contributed by atoms with van der Waals surface area (Å²) in [6.07, 6.45) is 5.63. The van der Waals surface area contributed by atoms with Crippen LogP contribution in [0.1, 0.15) is 18.1 Å². The number of carbonyl (C=O) groups is 1. The van der Waals surface area contributed by atoms with E-state index in [0.717, 1.165) is 11.1 Å². The van der Waals surface area contributed by atoms with E-state index in [1.165, 1.54) is 0 Å². The number of hydrogen-bond donors (Lipinski definition) is 0. The number of fused-ring (bicyclic) bond motifs is 1. The highest BCUT2D eigenvalue weighted by Gasteiger charge is 2.21. The van der Waals surface area contributed by atoms with Gasteiger partial charge in [0.05, 0.1) is 11.6 Å². The summed E-state index contributed by atoms with van der Waals surface area (Å²) >= 11 is 5.96. The Morgan fingerprint density at radius 3 is 3.07 bits per heavy atom. The lowest BCUT2D eigenvalue weighted by Crippen LogP contribution is -2.07. The molecule has 0 radical (unpaired) electrons. The molecule has 0 spiro atoms. The second-order valence-corrected chi connectivity index (χ2v) is 3.67. The topological polar surface area (TPSA) is 39.2 Å². The molecule has 1 heterocycles. The zero-order valence-corrected chi connectivity index (χ0v) is 9.04. The summed E-state index contributed by atoms with van der Waals surface area (Å²) in [6.45, 7) is 2.17. The van der Waals surface area contributed by atoms with Crippen molar-refractivity contribution in [1.29, 1.82) is 0 Å². The maximum Gasteiger partial charge on any atom is 0.334 e. The third-order valence-electron chi connectivity index (χ3n) is 2.26. The number of esters is 1. The Bertz CT molecular complexity index is 440. The highest BCUT2D eigenvalue weighted by molar-refractivity contribution is 6.32. The summed E-state index contributed by atoms with van der Waals surface area (Å²) in [7, 11) is 0. The molecule has 0 amide bonds. The fourth-order valence-corrected chi connectivity index (χ4v) is 1.81. The van der Waals surface area contributed by atoms with Crippen molar-refractivity contribution in [2.24, 2.45) is 0 Å². The first-order chi connectivity index (χ1) is 7.22. The molecule has 0 aliphatic heterocycles. The third-order valence-corrected chi connectivity index (χ3v) is 2.56. The number of halogens is 1. The minimum atomic E-state index is -0.273. The molecule has 0 saturated carbocycles. The first kappa shape index (κ1) is 10.2. The number of pyridine rings is 1. The highest BCUT2D eigenvalue weighted by Crippen LogP contribution is 2.30. The molecule has 1 aromatic rings. The highest BCUT2D eigenvalue weighted by atomic mass is 35.5. The molecular formula is C11H10ClNO2. The Morgan fingerprint density at radius 2 is 2.40 bits per heavy atom. The smallest absolute Gasteiger partial charge is 0.334 e. The van der Waals surface area contributed by atoms with Crippen molar-refractivity contribution in [2.75, 3.05) is 6.61 Å². The minimum absolute atomic E-state index is 0.273. The first-order valence-electron chi connectivity index (χ1n) is 4.72. The third kappa shape index (κ3) is 1.88. The van der Waals surface area contributed by atoms with Crippen LogP contribution in [0.25, 0.3) is 6.08 Å². The molecular weight excluding hydrogens is 214 g/mol. The predicted molar refractivity (Wildman–Crippen MR) is 57.6 cm³/mol. The van der Waals surface area contributed by atoms with Gasteiger partial charge in [-0.25, -0.2) is 4.79 Å². The monoisotopic (exact) mass is 223 g/mol. The lowest BCUT2D eigenvalue weighted by molar-refractivity contribution is -0.138.